The summed E-state index contributed by atoms with van der Waals surface area (Å²) in [6.45, 7) is 10.3. The number of aliphatic carboxylic acids is 1. The van der Waals surface area contributed by atoms with E-state index in [-0.39, 0.29) is 11.5 Å². The lowest BCUT2D eigenvalue weighted by Crippen LogP contribution is -2.61. The molecule has 3 amide bonds. The molecule has 0 saturated heterocycles. The third-order valence-corrected chi connectivity index (χ3v) is 6.69. The third kappa shape index (κ3) is 6.55. The van der Waals surface area contributed by atoms with Crippen LogP contribution in [0.3, 0.4) is 0 Å². The van der Waals surface area contributed by atoms with Crippen LogP contribution in [-0.2, 0) is 17.8 Å². The van der Waals surface area contributed by atoms with Gasteiger partial charge >= 0.3 is 12.0 Å². The zero-order chi connectivity index (χ0) is 25.0. The molecule has 0 aliphatic carbocycles. The van der Waals surface area contributed by atoms with E-state index in [1.54, 1.807) is 6.07 Å². The van der Waals surface area contributed by atoms with Crippen LogP contribution in [0, 0.1) is 11.3 Å². The van der Waals surface area contributed by atoms with Crippen LogP contribution in [0.2, 0.25) is 0 Å². The van der Waals surface area contributed by atoms with Crippen molar-refractivity contribution in [2.24, 2.45) is 22.8 Å². The number of rotatable bonds is 10. The second kappa shape index (κ2) is 10.4. The van der Waals surface area contributed by atoms with Crippen LogP contribution in [0.5, 0.6) is 0 Å². The number of carboxylic acids is 1. The van der Waals surface area contributed by atoms with Crippen molar-refractivity contribution in [2.75, 3.05) is 5.32 Å². The summed E-state index contributed by atoms with van der Waals surface area (Å²) in [6, 6.07) is 8.74. The third-order valence-electron chi connectivity index (χ3n) is 5.64. The molecule has 33 heavy (non-hydrogen) atoms. The number of urea groups is 1. The summed E-state index contributed by atoms with van der Waals surface area (Å²) < 4.78 is 0. The fourth-order valence-corrected chi connectivity index (χ4v) is 4.98. The van der Waals surface area contributed by atoms with E-state index in [4.69, 9.17) is 11.5 Å². The molecule has 0 bridgehead atoms. The number of benzene rings is 1. The van der Waals surface area contributed by atoms with Gasteiger partial charge in [-0.15, -0.1) is 11.3 Å². The number of carbonyl (C=O) groups excluding carboxylic acids is 2. The number of thiophene rings is 1. The van der Waals surface area contributed by atoms with Gasteiger partial charge in [-0.05, 0) is 34.9 Å². The maximum absolute atomic E-state index is 12.3. The molecule has 0 unspecified atom stereocenters. The Morgan fingerprint density at radius 3 is 2.09 bits per heavy atom. The van der Waals surface area contributed by atoms with E-state index >= 15 is 0 Å². The van der Waals surface area contributed by atoms with E-state index in [1.807, 2.05) is 58.9 Å². The molecule has 0 radical (unpaired) electrons. The highest BCUT2D eigenvalue weighted by molar-refractivity contribution is 7.16. The summed E-state index contributed by atoms with van der Waals surface area (Å²) in [4.78, 5) is 36.0. The Morgan fingerprint density at radius 2 is 1.64 bits per heavy atom. The van der Waals surface area contributed by atoms with E-state index < -0.39 is 28.9 Å². The minimum Gasteiger partial charge on any atom is -0.480 e. The van der Waals surface area contributed by atoms with Gasteiger partial charge in [-0.25, -0.2) is 4.79 Å². The molecule has 1 atom stereocenters. The van der Waals surface area contributed by atoms with Crippen LogP contribution < -0.4 is 22.1 Å². The molecule has 180 valence electrons. The van der Waals surface area contributed by atoms with E-state index in [0.717, 1.165) is 16.0 Å². The molecule has 7 N–H and O–H groups in total. The van der Waals surface area contributed by atoms with Gasteiger partial charge in [0.05, 0.1) is 5.56 Å². The fraction of sp³-hybridized carbons (Fsp3) is 0.458. The Labute approximate surface area is 198 Å². The van der Waals surface area contributed by atoms with Crippen LogP contribution in [0.4, 0.5) is 9.80 Å². The van der Waals surface area contributed by atoms with Crippen molar-refractivity contribution in [1.82, 2.24) is 5.32 Å². The number of hydrogen-bond donors (Lipinski definition) is 5. The van der Waals surface area contributed by atoms with Crippen molar-refractivity contribution in [3.05, 3.63) is 51.9 Å². The molecule has 0 saturated carbocycles. The minimum atomic E-state index is -1.05. The average molecular weight is 475 g/mol. The molecular weight excluding hydrogens is 440 g/mol. The van der Waals surface area contributed by atoms with E-state index in [0.29, 0.717) is 24.4 Å². The van der Waals surface area contributed by atoms with Gasteiger partial charge in [0.1, 0.15) is 10.5 Å². The van der Waals surface area contributed by atoms with Gasteiger partial charge in [0.25, 0.3) is 5.91 Å². The Bertz CT molecular complexity index is 1010. The summed E-state index contributed by atoms with van der Waals surface area (Å²) >= 11 is 1.25. The smallest absolute Gasteiger partial charge is 0.324 e. The normalized spacial score (nSPS) is 13.5. The summed E-state index contributed by atoms with van der Waals surface area (Å²) in [7, 11) is 0. The van der Waals surface area contributed by atoms with E-state index in [1.165, 1.54) is 11.3 Å². The van der Waals surface area contributed by atoms with Crippen molar-refractivity contribution in [1.29, 1.82) is 0 Å². The first kappa shape index (κ1) is 26.3. The van der Waals surface area contributed by atoms with Crippen LogP contribution in [-0.4, -0.2) is 28.6 Å². The maximum Gasteiger partial charge on any atom is 0.324 e. The van der Waals surface area contributed by atoms with Crippen molar-refractivity contribution < 1.29 is 19.5 Å². The standard InChI is InChI=1S/C24H34N4O4S/c1-14(2)12-24(21(30)31,23(3,4)5)27-13-16-8-6-15(7-9-16)10-17-11-18(19(25)29)20(33-17)28-22(26)32/h6-9,11,14,27H,10,12-13H2,1-5H3,(H2,25,29)(H,30,31)(H3,26,28,32)/t24-/m1/s1. The number of carbonyl (C=O) groups is 3. The summed E-state index contributed by atoms with van der Waals surface area (Å²) in [5.74, 6) is -1.26. The first-order valence-electron chi connectivity index (χ1n) is 10.8. The number of amides is 3. The number of nitrogens with two attached hydrogens (primary N) is 2. The van der Waals surface area contributed by atoms with Crippen LogP contribution in [0.15, 0.2) is 30.3 Å². The van der Waals surface area contributed by atoms with Gasteiger partial charge < -0.3 is 16.6 Å². The van der Waals surface area contributed by atoms with Crippen molar-refractivity contribution in [2.45, 2.75) is 59.5 Å². The van der Waals surface area contributed by atoms with Gasteiger partial charge in [0.15, 0.2) is 0 Å². The first-order valence-corrected chi connectivity index (χ1v) is 11.6. The molecular formula is C24H34N4O4S. The average Bonchev–Trinajstić information content (AvgIpc) is 3.06. The number of anilines is 1. The molecule has 2 aromatic rings. The van der Waals surface area contributed by atoms with Crippen molar-refractivity contribution in [3.63, 3.8) is 0 Å². The van der Waals surface area contributed by atoms with Crippen LogP contribution in [0.25, 0.3) is 0 Å². The summed E-state index contributed by atoms with van der Waals surface area (Å²) in [5.41, 5.74) is 11.2. The van der Waals surface area contributed by atoms with Crippen LogP contribution >= 0.6 is 11.3 Å². The lowest BCUT2D eigenvalue weighted by Gasteiger charge is -2.43. The van der Waals surface area contributed by atoms with Gasteiger partial charge in [0, 0.05) is 17.8 Å². The Balaban J connectivity index is 2.16. The highest BCUT2D eigenvalue weighted by Crippen LogP contribution is 2.36. The van der Waals surface area contributed by atoms with E-state index in [9.17, 15) is 19.5 Å². The molecule has 8 nitrogen and oxygen atoms in total. The van der Waals surface area contributed by atoms with Gasteiger partial charge in [-0.2, -0.15) is 0 Å². The van der Waals surface area contributed by atoms with Crippen molar-refractivity contribution in [3.8, 4) is 0 Å². The molecule has 0 aliphatic heterocycles. The number of primary amides is 2. The zero-order valence-corrected chi connectivity index (χ0v) is 20.6. The summed E-state index contributed by atoms with van der Waals surface area (Å²) in [6.07, 6.45) is 1.07. The monoisotopic (exact) mass is 474 g/mol. The summed E-state index contributed by atoms with van der Waals surface area (Å²) in [5, 5.41) is 16.2. The predicted molar refractivity (Wildman–Crippen MR) is 131 cm³/mol. The number of carboxylic acid groups (broad SMARTS) is 1. The molecule has 0 fully saturated rings. The maximum atomic E-state index is 12.3. The minimum absolute atomic E-state index is 0.222. The molecule has 1 aromatic carbocycles. The van der Waals surface area contributed by atoms with E-state index in [2.05, 4.69) is 10.6 Å². The SMILES string of the molecule is CC(C)C[C@@](NCc1ccc(Cc2cc(C(N)=O)c(NC(N)=O)s2)cc1)(C(=O)O)C(C)(C)C. The van der Waals surface area contributed by atoms with Crippen molar-refractivity contribution >= 4 is 34.2 Å². The fourth-order valence-electron chi connectivity index (χ4n) is 3.89. The molecule has 0 aliphatic rings. The molecule has 1 heterocycles. The molecule has 9 heteroatoms. The second-order valence-corrected chi connectivity index (χ2v) is 10.9. The van der Waals surface area contributed by atoms with Gasteiger partial charge in [0.2, 0.25) is 0 Å². The lowest BCUT2D eigenvalue weighted by atomic mass is 9.69. The lowest BCUT2D eigenvalue weighted by molar-refractivity contribution is -0.151. The highest BCUT2D eigenvalue weighted by atomic mass is 32.1. The Kier molecular flexibility index (Phi) is 8.26. The molecule has 0 spiro atoms. The number of hydrogen-bond acceptors (Lipinski definition) is 5. The second-order valence-electron chi connectivity index (χ2n) is 9.71. The topological polar surface area (TPSA) is 148 Å². The predicted octanol–water partition coefficient (Wildman–Crippen LogP) is 3.93. The zero-order valence-electron chi connectivity index (χ0n) is 19.8. The quantitative estimate of drug-likeness (QED) is 0.354. The molecule has 1 aromatic heterocycles. The number of nitrogens with one attached hydrogen (secondary N) is 2. The largest absolute Gasteiger partial charge is 0.480 e. The van der Waals surface area contributed by atoms with Gasteiger partial charge in [-0.3, -0.25) is 20.2 Å². The highest BCUT2D eigenvalue weighted by Gasteiger charge is 2.48. The van der Waals surface area contributed by atoms with Crippen LogP contribution in [0.1, 0.15) is 67.4 Å². The molecule has 2 rings (SSSR count). The Morgan fingerprint density at radius 1 is 1.06 bits per heavy atom. The Hall–Kier alpha value is -2.91. The van der Waals surface area contributed by atoms with Gasteiger partial charge in [-0.1, -0.05) is 58.9 Å². The first-order chi connectivity index (χ1) is 15.2.